The summed E-state index contributed by atoms with van der Waals surface area (Å²) in [5.74, 6) is 3.24. The Balaban J connectivity index is 2.50. The fraction of sp³-hybridized carbons (Fsp3) is 0.667. The molecule has 0 nitrogen and oxygen atoms in total. The minimum Gasteiger partial charge on any atom is -0.0668 e. The van der Waals surface area contributed by atoms with Crippen LogP contribution in [0.5, 0.6) is 0 Å². The quantitative estimate of drug-likeness (QED) is 0.381. The molecule has 168 valence electrons. The minimum atomic E-state index is 0.194. The third-order valence-electron chi connectivity index (χ3n) is 7.93. The van der Waals surface area contributed by atoms with E-state index in [-0.39, 0.29) is 5.41 Å². The molecule has 0 N–H and O–H groups in total. The van der Waals surface area contributed by atoms with Crippen molar-refractivity contribution in [3.05, 3.63) is 58.2 Å². The lowest BCUT2D eigenvalue weighted by molar-refractivity contribution is 0.359. The molecule has 1 aromatic rings. The number of hydrogen-bond acceptors (Lipinski definition) is 0. The Labute approximate surface area is 188 Å². The van der Waals surface area contributed by atoms with Crippen LogP contribution in [0.15, 0.2) is 47.1 Å². The summed E-state index contributed by atoms with van der Waals surface area (Å²) in [6, 6.07) is 9.60. The molecule has 0 saturated carbocycles. The van der Waals surface area contributed by atoms with Gasteiger partial charge in [0.2, 0.25) is 0 Å². The first-order valence-electron chi connectivity index (χ1n) is 12.6. The molecular formula is C30H48. The first-order chi connectivity index (χ1) is 14.0. The van der Waals surface area contributed by atoms with Crippen molar-refractivity contribution in [2.45, 2.75) is 106 Å². The predicted molar refractivity (Wildman–Crippen MR) is 135 cm³/mol. The summed E-state index contributed by atoms with van der Waals surface area (Å²) in [6.07, 6.45) is 7.38. The molecule has 0 aliphatic heterocycles. The minimum absolute atomic E-state index is 0.194. The van der Waals surface area contributed by atoms with Crippen LogP contribution < -0.4 is 0 Å². The van der Waals surface area contributed by atoms with Gasteiger partial charge in [-0.15, -0.1) is 0 Å². The summed E-state index contributed by atoms with van der Waals surface area (Å²) in [6.45, 7) is 23.8. The molecule has 3 unspecified atom stereocenters. The van der Waals surface area contributed by atoms with Crippen molar-refractivity contribution in [3.63, 3.8) is 0 Å². The van der Waals surface area contributed by atoms with Crippen molar-refractivity contribution in [2.24, 2.45) is 23.7 Å². The zero-order chi connectivity index (χ0) is 22.6. The molecule has 30 heavy (non-hydrogen) atoms. The Hall–Kier alpha value is -1.30. The van der Waals surface area contributed by atoms with E-state index in [9.17, 15) is 0 Å². The van der Waals surface area contributed by atoms with E-state index in [1.807, 2.05) is 0 Å². The summed E-state index contributed by atoms with van der Waals surface area (Å²) in [4.78, 5) is 0. The van der Waals surface area contributed by atoms with Gasteiger partial charge in [-0.05, 0) is 77.4 Å². The zero-order valence-corrected chi connectivity index (χ0v) is 21.6. The van der Waals surface area contributed by atoms with Gasteiger partial charge in [-0.2, -0.15) is 0 Å². The zero-order valence-electron chi connectivity index (χ0n) is 21.6. The van der Waals surface area contributed by atoms with Crippen LogP contribution in [0.4, 0.5) is 0 Å². The normalized spacial score (nSPS) is 20.7. The van der Waals surface area contributed by atoms with E-state index in [1.54, 1.807) is 16.7 Å². The lowest BCUT2D eigenvalue weighted by atomic mass is 9.65. The summed E-state index contributed by atoms with van der Waals surface area (Å²) in [7, 11) is 0. The van der Waals surface area contributed by atoms with Gasteiger partial charge >= 0.3 is 0 Å². The van der Waals surface area contributed by atoms with Crippen LogP contribution in [0.25, 0.3) is 0 Å². The van der Waals surface area contributed by atoms with Gasteiger partial charge in [0, 0.05) is 0 Å². The smallest absolute Gasteiger partial charge is 0.00404 e. The van der Waals surface area contributed by atoms with Gasteiger partial charge in [-0.1, -0.05) is 111 Å². The Morgan fingerprint density at radius 2 is 1.50 bits per heavy atom. The molecule has 1 aromatic carbocycles. The highest BCUT2D eigenvalue weighted by Crippen LogP contribution is 2.46. The van der Waals surface area contributed by atoms with Crippen molar-refractivity contribution in [3.8, 4) is 0 Å². The second-order valence-corrected chi connectivity index (χ2v) is 11.1. The number of allylic oxidation sites excluding steroid dienone is 4. The van der Waals surface area contributed by atoms with E-state index in [4.69, 9.17) is 0 Å². The van der Waals surface area contributed by atoms with Gasteiger partial charge in [0.15, 0.2) is 0 Å². The molecule has 0 heteroatoms. The van der Waals surface area contributed by atoms with Crippen molar-refractivity contribution >= 4 is 0 Å². The van der Waals surface area contributed by atoms with Crippen molar-refractivity contribution in [2.75, 3.05) is 0 Å². The van der Waals surface area contributed by atoms with Gasteiger partial charge in [0.1, 0.15) is 0 Å². The Kier molecular flexibility index (Phi) is 8.60. The number of benzene rings is 1. The average Bonchev–Trinajstić information content (AvgIpc) is 2.72. The first-order valence-corrected chi connectivity index (χ1v) is 12.6. The summed E-state index contributed by atoms with van der Waals surface area (Å²) in [5.41, 5.74) is 8.19. The summed E-state index contributed by atoms with van der Waals surface area (Å²) < 4.78 is 0. The highest BCUT2D eigenvalue weighted by atomic mass is 14.4. The van der Waals surface area contributed by atoms with E-state index in [1.165, 1.54) is 36.8 Å². The second kappa shape index (κ2) is 10.3. The lowest BCUT2D eigenvalue weighted by Crippen LogP contribution is -2.28. The van der Waals surface area contributed by atoms with Crippen LogP contribution >= 0.6 is 0 Å². The Morgan fingerprint density at radius 1 is 0.900 bits per heavy atom. The second-order valence-electron chi connectivity index (χ2n) is 11.1. The van der Waals surface area contributed by atoms with Gasteiger partial charge in [-0.25, -0.2) is 0 Å². The highest BCUT2D eigenvalue weighted by Gasteiger charge is 2.34. The average molecular weight is 409 g/mol. The maximum absolute atomic E-state index is 2.58. The fourth-order valence-corrected chi connectivity index (χ4v) is 5.05. The standard InChI is InChI=1S/C30H48/c1-11-23(9)24-13-15-26(16-14-24)30(10,12-2)19-29-27(21(5)6)17-25(20(3)4)18-28(29)22(7)8/h13-17,20-23,28H,11-12,18-19H2,1-10H3. The molecule has 0 spiro atoms. The maximum Gasteiger partial charge on any atom is -0.00404 e. The number of hydrogen-bond donors (Lipinski definition) is 0. The SMILES string of the molecule is CCC(C)c1ccc(C(C)(CC)CC2=C(C(C)C)C=C(C(C)C)CC2C(C)C)cc1. The topological polar surface area (TPSA) is 0 Å². The van der Waals surface area contributed by atoms with E-state index < -0.39 is 0 Å². The van der Waals surface area contributed by atoms with Crippen LogP contribution in [0.2, 0.25) is 0 Å². The molecule has 0 fully saturated rings. The third-order valence-corrected chi connectivity index (χ3v) is 7.93. The van der Waals surface area contributed by atoms with Gasteiger partial charge < -0.3 is 0 Å². The van der Waals surface area contributed by atoms with E-state index in [0.717, 1.165) is 0 Å². The largest absolute Gasteiger partial charge is 0.0668 e. The lowest BCUT2D eigenvalue weighted by Gasteiger charge is -2.39. The first kappa shape index (κ1) is 25.0. The molecule has 0 bridgehead atoms. The van der Waals surface area contributed by atoms with Crippen molar-refractivity contribution in [1.82, 2.24) is 0 Å². The van der Waals surface area contributed by atoms with Crippen molar-refractivity contribution < 1.29 is 0 Å². The molecule has 0 saturated heterocycles. The molecule has 1 aliphatic rings. The molecule has 0 heterocycles. The van der Waals surface area contributed by atoms with Crippen molar-refractivity contribution in [1.29, 1.82) is 0 Å². The van der Waals surface area contributed by atoms with Crippen LogP contribution in [-0.2, 0) is 5.41 Å². The number of rotatable bonds is 9. The summed E-state index contributed by atoms with van der Waals surface area (Å²) in [5, 5.41) is 0. The van der Waals surface area contributed by atoms with Crippen LogP contribution in [-0.4, -0.2) is 0 Å². The van der Waals surface area contributed by atoms with Crippen LogP contribution in [0.1, 0.15) is 112 Å². The van der Waals surface area contributed by atoms with Gasteiger partial charge in [0.25, 0.3) is 0 Å². The monoisotopic (exact) mass is 408 g/mol. The summed E-state index contributed by atoms with van der Waals surface area (Å²) >= 11 is 0. The van der Waals surface area contributed by atoms with Gasteiger partial charge in [0.05, 0.1) is 0 Å². The third kappa shape index (κ3) is 5.49. The van der Waals surface area contributed by atoms with E-state index in [2.05, 4.69) is 99.6 Å². The molecule has 2 rings (SSSR count). The fourth-order valence-electron chi connectivity index (χ4n) is 5.05. The molecule has 0 aromatic heterocycles. The molecule has 1 aliphatic carbocycles. The Bertz CT molecular complexity index is 741. The van der Waals surface area contributed by atoms with E-state index in [0.29, 0.717) is 29.6 Å². The van der Waals surface area contributed by atoms with Crippen LogP contribution in [0, 0.1) is 23.7 Å². The molecule has 0 radical (unpaired) electrons. The predicted octanol–water partition coefficient (Wildman–Crippen LogP) is 9.47. The van der Waals surface area contributed by atoms with Crippen LogP contribution in [0.3, 0.4) is 0 Å². The molecular weight excluding hydrogens is 360 g/mol. The van der Waals surface area contributed by atoms with E-state index >= 15 is 0 Å². The Morgan fingerprint density at radius 3 is 1.93 bits per heavy atom. The molecule has 0 amide bonds. The molecule has 3 atom stereocenters. The highest BCUT2D eigenvalue weighted by molar-refractivity contribution is 5.41. The maximum atomic E-state index is 2.58. The van der Waals surface area contributed by atoms with Gasteiger partial charge in [-0.3, -0.25) is 0 Å².